The molecule has 0 aliphatic heterocycles. The van der Waals surface area contributed by atoms with E-state index >= 15 is 0 Å². The van der Waals surface area contributed by atoms with Crippen LogP contribution in [0.15, 0.2) is 173 Å². The molecule has 5 aromatic carbocycles. The molecule has 318 valence electrons. The van der Waals surface area contributed by atoms with Crippen molar-refractivity contribution in [2.24, 2.45) is 0 Å². The molecule has 9 heteroatoms. The maximum absolute atomic E-state index is 5.79. The van der Waals surface area contributed by atoms with Gasteiger partial charge in [-0.25, -0.2) is 0 Å². The van der Waals surface area contributed by atoms with Crippen LogP contribution >= 0.6 is 0 Å². The van der Waals surface area contributed by atoms with E-state index in [2.05, 4.69) is 159 Å². The molecule has 0 fully saturated rings. The van der Waals surface area contributed by atoms with Gasteiger partial charge in [0.2, 0.25) is 0 Å². The first-order valence-electron chi connectivity index (χ1n) is 20.3. The maximum atomic E-state index is 5.79. The second-order valence-corrected chi connectivity index (χ2v) is 13.6. The Morgan fingerprint density at radius 1 is 0.361 bits per heavy atom. The molecule has 5 rings (SSSR count). The first-order valence-corrected chi connectivity index (χ1v) is 20.3. The third-order valence-corrected chi connectivity index (χ3v) is 9.31. The number of rotatable bonds is 30. The van der Waals surface area contributed by atoms with E-state index in [0.717, 1.165) is 61.6 Å². The van der Waals surface area contributed by atoms with E-state index in [9.17, 15) is 0 Å². The summed E-state index contributed by atoms with van der Waals surface area (Å²) in [5, 5.41) is 0. The van der Waals surface area contributed by atoms with Crippen LogP contribution in [0.1, 0.15) is 38.9 Å². The zero-order valence-corrected chi connectivity index (χ0v) is 35.0. The van der Waals surface area contributed by atoms with Crippen LogP contribution in [-0.2, 0) is 64.3 Å². The van der Waals surface area contributed by atoms with Gasteiger partial charge in [0.15, 0.2) is 0 Å². The Morgan fingerprint density at radius 2 is 0.639 bits per heavy atom. The fourth-order valence-electron chi connectivity index (χ4n) is 6.23. The first kappa shape index (κ1) is 45.7. The van der Waals surface area contributed by atoms with Crippen molar-refractivity contribution in [2.45, 2.75) is 26.4 Å². The van der Waals surface area contributed by atoms with Crippen molar-refractivity contribution in [3.05, 3.63) is 212 Å². The Hall–Kier alpha value is -6.36. The second kappa shape index (κ2) is 26.7. The SMILES string of the molecule is C=COCCOCc1ccc(C(=Cc2ccc(N(c3ccc(COCCOC=C)cc3)c3ccc(COCCOC=C)cc3)cc2)c2ccc(COCCOC=C)cc2)cc1. The molecule has 0 saturated heterocycles. The van der Waals surface area contributed by atoms with Gasteiger partial charge >= 0.3 is 0 Å². The third-order valence-electron chi connectivity index (χ3n) is 9.31. The van der Waals surface area contributed by atoms with Crippen molar-refractivity contribution in [1.29, 1.82) is 0 Å². The number of ether oxygens (including phenoxy) is 8. The average Bonchev–Trinajstić information content (AvgIpc) is 3.30. The zero-order chi connectivity index (χ0) is 42.7. The predicted octanol–water partition coefficient (Wildman–Crippen LogP) is 11.5. The van der Waals surface area contributed by atoms with E-state index in [1.165, 1.54) is 25.0 Å². The normalized spacial score (nSPS) is 10.6. The molecule has 5 aromatic rings. The second-order valence-electron chi connectivity index (χ2n) is 13.6. The summed E-state index contributed by atoms with van der Waals surface area (Å²) >= 11 is 0. The minimum atomic E-state index is 0.468. The van der Waals surface area contributed by atoms with Gasteiger partial charge in [0, 0.05) is 17.1 Å². The Morgan fingerprint density at radius 3 is 0.934 bits per heavy atom. The molecule has 61 heavy (non-hydrogen) atoms. The zero-order valence-electron chi connectivity index (χ0n) is 35.0. The summed E-state index contributed by atoms with van der Waals surface area (Å²) in [6.07, 6.45) is 7.93. The highest BCUT2D eigenvalue weighted by molar-refractivity contribution is 5.92. The smallest absolute Gasteiger partial charge is 0.111 e. The lowest BCUT2D eigenvalue weighted by atomic mass is 9.94. The Balaban J connectivity index is 1.41. The van der Waals surface area contributed by atoms with Crippen molar-refractivity contribution in [2.75, 3.05) is 57.8 Å². The van der Waals surface area contributed by atoms with Gasteiger partial charge in [0.1, 0.15) is 26.4 Å². The number of benzene rings is 5. The van der Waals surface area contributed by atoms with Crippen LogP contribution in [0.2, 0.25) is 0 Å². The van der Waals surface area contributed by atoms with Crippen molar-refractivity contribution >= 4 is 28.7 Å². The predicted molar refractivity (Wildman–Crippen MR) is 244 cm³/mol. The monoisotopic (exact) mass is 823 g/mol. The van der Waals surface area contributed by atoms with Gasteiger partial charge in [-0.1, -0.05) is 111 Å². The Bertz CT molecular complexity index is 1930. The third kappa shape index (κ3) is 15.6. The molecule has 0 bridgehead atoms. The quantitative estimate of drug-likeness (QED) is 0.0256. The van der Waals surface area contributed by atoms with E-state index in [1.807, 2.05) is 0 Å². The van der Waals surface area contributed by atoms with Gasteiger partial charge in [0.05, 0.1) is 77.9 Å². The molecule has 9 nitrogen and oxygen atoms in total. The molecule has 0 amide bonds. The van der Waals surface area contributed by atoms with E-state index < -0.39 is 0 Å². The summed E-state index contributed by atoms with van der Waals surface area (Å²) in [4.78, 5) is 2.24. The maximum Gasteiger partial charge on any atom is 0.111 e. The number of hydrogen-bond donors (Lipinski definition) is 0. The van der Waals surface area contributed by atoms with Crippen LogP contribution in [0.25, 0.3) is 11.6 Å². The highest BCUT2D eigenvalue weighted by Crippen LogP contribution is 2.36. The molecule has 0 heterocycles. The van der Waals surface area contributed by atoms with Crippen LogP contribution in [-0.4, -0.2) is 52.9 Å². The van der Waals surface area contributed by atoms with Crippen molar-refractivity contribution < 1.29 is 37.9 Å². The van der Waals surface area contributed by atoms with Crippen LogP contribution in [0.4, 0.5) is 17.1 Å². The van der Waals surface area contributed by atoms with E-state index in [0.29, 0.717) is 79.3 Å². The Kier molecular flexibility index (Phi) is 20.0. The summed E-state index contributed by atoms with van der Waals surface area (Å²) in [5.74, 6) is 0. The van der Waals surface area contributed by atoms with Gasteiger partial charge in [-0.3, -0.25) is 0 Å². The highest BCUT2D eigenvalue weighted by Gasteiger charge is 2.14. The fraction of sp³-hybridized carbons (Fsp3) is 0.231. The molecule has 0 atom stereocenters. The summed E-state index contributed by atoms with van der Waals surface area (Å²) in [5.41, 5.74) is 11.7. The molecule has 0 N–H and O–H groups in total. The summed E-state index contributed by atoms with van der Waals surface area (Å²) in [6, 6.07) is 42.5. The average molecular weight is 824 g/mol. The number of anilines is 3. The number of hydrogen-bond acceptors (Lipinski definition) is 9. The topological polar surface area (TPSA) is 77.1 Å². The van der Waals surface area contributed by atoms with Crippen LogP contribution < -0.4 is 4.90 Å². The van der Waals surface area contributed by atoms with Gasteiger partial charge < -0.3 is 42.8 Å². The van der Waals surface area contributed by atoms with Gasteiger partial charge in [-0.15, -0.1) is 0 Å². The largest absolute Gasteiger partial charge is 0.499 e. The molecular formula is C52H57NO8. The standard InChI is InChI=1S/C52H57NO8/c1-5-54-29-33-58-38-43-9-19-47(20-10-43)52(48-21-11-44(12-22-48)39-59-34-30-55-6-2)37-42-13-23-49(24-14-42)53(50-25-15-45(16-26-50)40-60-35-31-56-7-3)51-27-17-46(18-28-51)41-61-36-32-57-8-4/h5-28,37H,1-4,29-36,38-41H2. The Labute approximate surface area is 361 Å². The summed E-state index contributed by atoms with van der Waals surface area (Å²) < 4.78 is 43.9. The molecule has 0 aliphatic rings. The lowest BCUT2D eigenvalue weighted by Gasteiger charge is -2.26. The van der Waals surface area contributed by atoms with E-state index in [4.69, 9.17) is 37.9 Å². The van der Waals surface area contributed by atoms with Crippen LogP contribution in [0.5, 0.6) is 0 Å². The molecule has 0 spiro atoms. The fourth-order valence-corrected chi connectivity index (χ4v) is 6.23. The molecule has 0 radical (unpaired) electrons. The molecule has 0 aromatic heterocycles. The van der Waals surface area contributed by atoms with Crippen LogP contribution in [0.3, 0.4) is 0 Å². The minimum absolute atomic E-state index is 0.468. The van der Waals surface area contributed by atoms with Crippen molar-refractivity contribution in [3.63, 3.8) is 0 Å². The van der Waals surface area contributed by atoms with Gasteiger partial charge in [-0.2, -0.15) is 0 Å². The molecule has 0 saturated carbocycles. The van der Waals surface area contributed by atoms with E-state index in [-0.39, 0.29) is 0 Å². The lowest BCUT2D eigenvalue weighted by Crippen LogP contribution is -2.10. The van der Waals surface area contributed by atoms with Gasteiger partial charge in [-0.05, 0) is 87.0 Å². The highest BCUT2D eigenvalue weighted by atomic mass is 16.5. The van der Waals surface area contributed by atoms with Crippen molar-refractivity contribution in [3.8, 4) is 0 Å². The van der Waals surface area contributed by atoms with Crippen LogP contribution in [0, 0.1) is 0 Å². The minimum Gasteiger partial charge on any atom is -0.499 e. The lowest BCUT2D eigenvalue weighted by molar-refractivity contribution is 0.0750. The van der Waals surface area contributed by atoms with E-state index in [1.54, 1.807) is 0 Å². The molecule has 0 aliphatic carbocycles. The molecular weight excluding hydrogens is 767 g/mol. The van der Waals surface area contributed by atoms with Gasteiger partial charge in [0.25, 0.3) is 0 Å². The first-order chi connectivity index (χ1) is 30.1. The molecule has 0 unspecified atom stereocenters. The number of nitrogens with zero attached hydrogens (tertiary/aromatic N) is 1. The van der Waals surface area contributed by atoms with Crippen molar-refractivity contribution in [1.82, 2.24) is 0 Å². The summed E-state index contributed by atoms with van der Waals surface area (Å²) in [6.45, 7) is 20.1. The summed E-state index contributed by atoms with van der Waals surface area (Å²) in [7, 11) is 0.